The van der Waals surface area contributed by atoms with Crippen molar-refractivity contribution in [2.45, 2.75) is 5.92 Å². The molecule has 0 bridgehead atoms. The van der Waals surface area contributed by atoms with Crippen molar-refractivity contribution < 1.29 is 4.74 Å². The molecule has 1 saturated heterocycles. The van der Waals surface area contributed by atoms with Gasteiger partial charge in [0, 0.05) is 31.4 Å². The Labute approximate surface area is 99.7 Å². The fourth-order valence-corrected chi connectivity index (χ4v) is 1.78. The molecular formula is C13H13N3O. The van der Waals surface area contributed by atoms with Gasteiger partial charge in [0.1, 0.15) is 11.4 Å². The molecule has 0 saturated carbocycles. The lowest BCUT2D eigenvalue weighted by atomic mass is 9.99. The number of aromatic nitrogens is 2. The smallest absolute Gasteiger partial charge is 0.241 e. The fraction of sp³-hybridized carbons (Fsp3) is 0.231. The molecule has 1 aromatic heterocycles. The zero-order chi connectivity index (χ0) is 11.5. The van der Waals surface area contributed by atoms with Crippen LogP contribution in [0.25, 0.3) is 0 Å². The van der Waals surface area contributed by atoms with Crippen LogP contribution in [-0.2, 0) is 0 Å². The largest absolute Gasteiger partial charge is 0.437 e. The molecule has 86 valence electrons. The minimum absolute atomic E-state index is 0.419. The van der Waals surface area contributed by atoms with E-state index in [9.17, 15) is 0 Å². The van der Waals surface area contributed by atoms with Gasteiger partial charge in [-0.15, -0.1) is 0 Å². The fourth-order valence-electron chi connectivity index (χ4n) is 1.78. The summed E-state index contributed by atoms with van der Waals surface area (Å²) in [5, 5.41) is 3.23. The number of nitrogens with zero attached hydrogens (tertiary/aromatic N) is 2. The van der Waals surface area contributed by atoms with Gasteiger partial charge in [-0.3, -0.25) is 4.98 Å². The van der Waals surface area contributed by atoms with Crippen LogP contribution in [0.3, 0.4) is 0 Å². The third-order valence-corrected chi connectivity index (χ3v) is 2.82. The van der Waals surface area contributed by atoms with E-state index < -0.39 is 0 Å². The average Bonchev–Trinajstić information content (AvgIpc) is 2.31. The number of ether oxygens (including phenoxy) is 1. The maximum absolute atomic E-state index is 5.76. The van der Waals surface area contributed by atoms with Crippen molar-refractivity contribution in [2.24, 2.45) is 0 Å². The molecule has 2 aromatic rings. The third kappa shape index (κ3) is 2.12. The Bertz CT molecular complexity index is 497. The van der Waals surface area contributed by atoms with Crippen LogP contribution in [0.2, 0.25) is 0 Å². The van der Waals surface area contributed by atoms with Gasteiger partial charge in [-0.25, -0.2) is 4.98 Å². The zero-order valence-corrected chi connectivity index (χ0v) is 9.34. The Kier molecular flexibility index (Phi) is 2.71. The lowest BCUT2D eigenvalue weighted by Gasteiger charge is -2.27. The van der Waals surface area contributed by atoms with E-state index >= 15 is 0 Å². The van der Waals surface area contributed by atoms with E-state index in [1.165, 1.54) is 0 Å². The van der Waals surface area contributed by atoms with E-state index in [2.05, 4.69) is 15.3 Å². The molecule has 4 nitrogen and oxygen atoms in total. The highest BCUT2D eigenvalue weighted by molar-refractivity contribution is 5.31. The molecule has 0 aliphatic carbocycles. The van der Waals surface area contributed by atoms with Crippen LogP contribution >= 0.6 is 0 Å². The van der Waals surface area contributed by atoms with E-state index in [4.69, 9.17) is 4.74 Å². The molecule has 1 aliphatic heterocycles. The van der Waals surface area contributed by atoms with Crippen molar-refractivity contribution in [1.29, 1.82) is 0 Å². The molecule has 3 rings (SSSR count). The number of nitrogens with one attached hydrogen (secondary N) is 1. The average molecular weight is 227 g/mol. The maximum Gasteiger partial charge on any atom is 0.241 e. The maximum atomic E-state index is 5.76. The van der Waals surface area contributed by atoms with Crippen LogP contribution in [0.5, 0.6) is 11.6 Å². The van der Waals surface area contributed by atoms with E-state index in [1.54, 1.807) is 12.4 Å². The third-order valence-electron chi connectivity index (χ3n) is 2.82. The first-order chi connectivity index (χ1) is 8.43. The molecule has 0 spiro atoms. The van der Waals surface area contributed by atoms with Crippen molar-refractivity contribution >= 4 is 0 Å². The molecule has 1 N–H and O–H groups in total. The van der Waals surface area contributed by atoms with Gasteiger partial charge in [-0.1, -0.05) is 18.2 Å². The monoisotopic (exact) mass is 227 g/mol. The summed E-state index contributed by atoms with van der Waals surface area (Å²) in [6.45, 7) is 1.90. The molecule has 0 unspecified atom stereocenters. The summed E-state index contributed by atoms with van der Waals surface area (Å²) in [4.78, 5) is 8.63. The minimum atomic E-state index is 0.419. The van der Waals surface area contributed by atoms with Gasteiger partial charge >= 0.3 is 0 Å². The first kappa shape index (κ1) is 10.2. The van der Waals surface area contributed by atoms with Crippen molar-refractivity contribution in [3.05, 3.63) is 48.4 Å². The summed E-state index contributed by atoms with van der Waals surface area (Å²) in [7, 11) is 0. The van der Waals surface area contributed by atoms with Gasteiger partial charge in [-0.2, -0.15) is 0 Å². The van der Waals surface area contributed by atoms with E-state index in [0.717, 1.165) is 24.5 Å². The molecule has 1 fully saturated rings. The van der Waals surface area contributed by atoms with Crippen molar-refractivity contribution in [1.82, 2.24) is 15.3 Å². The highest BCUT2D eigenvalue weighted by atomic mass is 16.5. The summed E-state index contributed by atoms with van der Waals surface area (Å²) >= 11 is 0. The molecule has 1 aromatic carbocycles. The second-order valence-electron chi connectivity index (χ2n) is 4.02. The van der Waals surface area contributed by atoms with Gasteiger partial charge in [-0.05, 0) is 12.1 Å². The molecule has 17 heavy (non-hydrogen) atoms. The Hall–Kier alpha value is -1.94. The second kappa shape index (κ2) is 4.51. The Morgan fingerprint density at radius 3 is 2.53 bits per heavy atom. The number of hydrogen-bond acceptors (Lipinski definition) is 4. The minimum Gasteiger partial charge on any atom is -0.437 e. The SMILES string of the molecule is c1ccc(Oc2nccnc2C2CNC2)cc1. The van der Waals surface area contributed by atoms with Gasteiger partial charge in [0.15, 0.2) is 0 Å². The lowest BCUT2D eigenvalue weighted by Crippen LogP contribution is -2.40. The lowest BCUT2D eigenvalue weighted by molar-refractivity contribution is 0.399. The summed E-state index contributed by atoms with van der Waals surface area (Å²) in [5.41, 5.74) is 0.940. The predicted octanol–water partition coefficient (Wildman–Crippen LogP) is 1.96. The molecular weight excluding hydrogens is 214 g/mol. The normalized spacial score (nSPS) is 15.3. The quantitative estimate of drug-likeness (QED) is 0.870. The van der Waals surface area contributed by atoms with Gasteiger partial charge in [0.05, 0.1) is 0 Å². The highest BCUT2D eigenvalue weighted by Crippen LogP contribution is 2.28. The van der Waals surface area contributed by atoms with Gasteiger partial charge in [0.25, 0.3) is 0 Å². The van der Waals surface area contributed by atoms with E-state index in [-0.39, 0.29) is 0 Å². The number of para-hydroxylation sites is 1. The Balaban J connectivity index is 1.87. The van der Waals surface area contributed by atoms with Crippen molar-refractivity contribution in [3.63, 3.8) is 0 Å². The Morgan fingerprint density at radius 2 is 1.82 bits per heavy atom. The first-order valence-corrected chi connectivity index (χ1v) is 5.68. The standard InChI is InChI=1S/C13H13N3O/c1-2-4-11(5-3-1)17-13-12(10-8-14-9-10)15-6-7-16-13/h1-7,10,14H,8-9H2. The zero-order valence-electron chi connectivity index (χ0n) is 9.34. The van der Waals surface area contributed by atoms with Crippen molar-refractivity contribution in [3.8, 4) is 11.6 Å². The van der Waals surface area contributed by atoms with Crippen LogP contribution in [0.4, 0.5) is 0 Å². The number of hydrogen-bond donors (Lipinski definition) is 1. The van der Waals surface area contributed by atoms with Crippen LogP contribution in [0.1, 0.15) is 11.6 Å². The van der Waals surface area contributed by atoms with Crippen LogP contribution in [-0.4, -0.2) is 23.1 Å². The molecule has 4 heteroatoms. The number of benzene rings is 1. The summed E-state index contributed by atoms with van der Waals surface area (Å²) in [6.07, 6.45) is 3.37. The van der Waals surface area contributed by atoms with Crippen molar-refractivity contribution in [2.75, 3.05) is 13.1 Å². The molecule has 1 aliphatic rings. The van der Waals surface area contributed by atoms with Gasteiger partial charge < -0.3 is 10.1 Å². The molecule has 2 heterocycles. The van der Waals surface area contributed by atoms with Crippen LogP contribution < -0.4 is 10.1 Å². The highest BCUT2D eigenvalue weighted by Gasteiger charge is 2.24. The van der Waals surface area contributed by atoms with E-state index in [1.807, 2.05) is 30.3 Å². The molecule has 0 atom stereocenters. The summed E-state index contributed by atoms with van der Waals surface area (Å²) in [5.74, 6) is 1.83. The topological polar surface area (TPSA) is 47.0 Å². The summed E-state index contributed by atoms with van der Waals surface area (Å²) in [6, 6.07) is 9.67. The van der Waals surface area contributed by atoms with Crippen LogP contribution in [0.15, 0.2) is 42.7 Å². The summed E-state index contributed by atoms with van der Waals surface area (Å²) < 4.78 is 5.76. The predicted molar refractivity (Wildman–Crippen MR) is 64.2 cm³/mol. The van der Waals surface area contributed by atoms with Crippen LogP contribution in [0, 0.1) is 0 Å². The molecule has 0 radical (unpaired) electrons. The van der Waals surface area contributed by atoms with E-state index in [0.29, 0.717) is 11.8 Å². The Morgan fingerprint density at radius 1 is 1.06 bits per heavy atom. The number of rotatable bonds is 3. The first-order valence-electron chi connectivity index (χ1n) is 5.68. The molecule has 0 amide bonds. The van der Waals surface area contributed by atoms with Gasteiger partial charge in [0.2, 0.25) is 5.88 Å². The second-order valence-corrected chi connectivity index (χ2v) is 4.02.